The van der Waals surface area contributed by atoms with Gasteiger partial charge in [-0.25, -0.2) is 4.98 Å². The highest BCUT2D eigenvalue weighted by molar-refractivity contribution is 5.93. The Morgan fingerprint density at radius 3 is 2.81 bits per heavy atom. The van der Waals surface area contributed by atoms with Crippen molar-refractivity contribution in [3.8, 4) is 17.3 Å². The number of furan rings is 1. The molecule has 1 amide bonds. The molecule has 27 heavy (non-hydrogen) atoms. The van der Waals surface area contributed by atoms with E-state index in [9.17, 15) is 4.79 Å². The van der Waals surface area contributed by atoms with E-state index in [1.807, 2.05) is 31.3 Å². The number of aromatic nitrogens is 3. The standard InChI is InChI=1S/C20H22N4O3/c1-13-4-9-19(21-12-13)27-15-7-5-14(6-8-15)22-20(25)17-11-16(23-24-17)18-3-2-10-26-18/h2-4,9-12,14-15H,5-8H2,1H3,(H,22,25)(H,23,24). The highest BCUT2D eigenvalue weighted by Gasteiger charge is 2.25. The molecule has 1 saturated carbocycles. The molecule has 2 N–H and O–H groups in total. The average molecular weight is 366 g/mol. The number of H-pyrrole nitrogens is 1. The van der Waals surface area contributed by atoms with E-state index in [-0.39, 0.29) is 18.1 Å². The normalized spacial score (nSPS) is 19.6. The summed E-state index contributed by atoms with van der Waals surface area (Å²) in [5.74, 6) is 1.15. The fraction of sp³-hybridized carbons (Fsp3) is 0.350. The van der Waals surface area contributed by atoms with E-state index in [4.69, 9.17) is 9.15 Å². The summed E-state index contributed by atoms with van der Waals surface area (Å²) in [7, 11) is 0. The van der Waals surface area contributed by atoms with E-state index in [0.717, 1.165) is 31.2 Å². The van der Waals surface area contributed by atoms with Crippen LogP contribution in [0.15, 0.2) is 47.2 Å². The SMILES string of the molecule is Cc1ccc(OC2CCC(NC(=O)c3cc(-c4ccco4)[nH]n3)CC2)nc1. The fourth-order valence-corrected chi connectivity index (χ4v) is 3.28. The number of hydrogen-bond acceptors (Lipinski definition) is 5. The van der Waals surface area contributed by atoms with Crippen molar-refractivity contribution in [2.75, 3.05) is 0 Å². The van der Waals surface area contributed by atoms with E-state index in [1.165, 1.54) is 0 Å². The molecule has 7 nitrogen and oxygen atoms in total. The van der Waals surface area contributed by atoms with Crippen LogP contribution in [0, 0.1) is 6.92 Å². The van der Waals surface area contributed by atoms with E-state index in [2.05, 4.69) is 20.5 Å². The van der Waals surface area contributed by atoms with E-state index in [1.54, 1.807) is 18.4 Å². The summed E-state index contributed by atoms with van der Waals surface area (Å²) in [5, 5.41) is 9.98. The molecule has 0 atom stereocenters. The lowest BCUT2D eigenvalue weighted by molar-refractivity contribution is 0.0885. The van der Waals surface area contributed by atoms with Gasteiger partial charge in [0.15, 0.2) is 11.5 Å². The molecule has 3 aromatic rings. The van der Waals surface area contributed by atoms with Crippen molar-refractivity contribution in [1.29, 1.82) is 0 Å². The lowest BCUT2D eigenvalue weighted by Crippen LogP contribution is -2.39. The van der Waals surface area contributed by atoms with Crippen molar-refractivity contribution in [3.63, 3.8) is 0 Å². The number of ether oxygens (including phenoxy) is 1. The van der Waals surface area contributed by atoms with Gasteiger partial charge in [0, 0.05) is 24.4 Å². The maximum Gasteiger partial charge on any atom is 0.272 e. The largest absolute Gasteiger partial charge is 0.474 e. The second-order valence-corrected chi connectivity index (χ2v) is 6.88. The minimum Gasteiger partial charge on any atom is -0.474 e. The van der Waals surface area contributed by atoms with Gasteiger partial charge in [-0.15, -0.1) is 0 Å². The third kappa shape index (κ3) is 4.19. The minimum atomic E-state index is -0.173. The zero-order chi connectivity index (χ0) is 18.6. The highest BCUT2D eigenvalue weighted by atomic mass is 16.5. The average Bonchev–Trinajstić information content (AvgIpc) is 3.36. The summed E-state index contributed by atoms with van der Waals surface area (Å²) in [6, 6.07) is 9.34. The molecule has 7 heteroatoms. The number of nitrogens with zero attached hydrogens (tertiary/aromatic N) is 2. The van der Waals surface area contributed by atoms with E-state index < -0.39 is 0 Å². The quantitative estimate of drug-likeness (QED) is 0.721. The number of aryl methyl sites for hydroxylation is 1. The van der Waals surface area contributed by atoms with Crippen molar-refractivity contribution in [1.82, 2.24) is 20.5 Å². The number of carbonyl (C=O) groups is 1. The van der Waals surface area contributed by atoms with Crippen molar-refractivity contribution in [2.24, 2.45) is 0 Å². The molecule has 1 fully saturated rings. The summed E-state index contributed by atoms with van der Waals surface area (Å²) < 4.78 is 11.2. The number of hydrogen-bond donors (Lipinski definition) is 2. The Labute approximate surface area is 157 Å². The smallest absolute Gasteiger partial charge is 0.272 e. The third-order valence-corrected chi connectivity index (χ3v) is 4.78. The van der Waals surface area contributed by atoms with Crippen molar-refractivity contribution in [2.45, 2.75) is 44.8 Å². The first-order valence-electron chi connectivity index (χ1n) is 9.17. The van der Waals surface area contributed by atoms with E-state index >= 15 is 0 Å². The Morgan fingerprint density at radius 1 is 1.26 bits per heavy atom. The fourth-order valence-electron chi connectivity index (χ4n) is 3.28. The third-order valence-electron chi connectivity index (χ3n) is 4.78. The zero-order valence-electron chi connectivity index (χ0n) is 15.1. The van der Waals surface area contributed by atoms with Crippen LogP contribution in [-0.4, -0.2) is 33.2 Å². The number of nitrogens with one attached hydrogen (secondary N) is 2. The van der Waals surface area contributed by atoms with Gasteiger partial charge in [0.1, 0.15) is 11.8 Å². The van der Waals surface area contributed by atoms with Crippen LogP contribution in [-0.2, 0) is 0 Å². The van der Waals surface area contributed by atoms with Gasteiger partial charge >= 0.3 is 0 Å². The van der Waals surface area contributed by atoms with Crippen molar-refractivity contribution >= 4 is 5.91 Å². The van der Waals surface area contributed by atoms with Crippen LogP contribution in [0.2, 0.25) is 0 Å². The van der Waals surface area contributed by atoms with Crippen LogP contribution in [0.4, 0.5) is 0 Å². The lowest BCUT2D eigenvalue weighted by atomic mass is 9.93. The van der Waals surface area contributed by atoms with Crippen LogP contribution >= 0.6 is 0 Å². The van der Waals surface area contributed by atoms with Gasteiger partial charge in [-0.2, -0.15) is 5.10 Å². The van der Waals surface area contributed by atoms with Gasteiger partial charge in [0.2, 0.25) is 5.88 Å². The van der Waals surface area contributed by atoms with E-state index in [0.29, 0.717) is 23.0 Å². The van der Waals surface area contributed by atoms with Crippen LogP contribution < -0.4 is 10.1 Å². The second-order valence-electron chi connectivity index (χ2n) is 6.88. The number of pyridine rings is 1. The molecule has 0 saturated heterocycles. The van der Waals surface area contributed by atoms with Crippen molar-refractivity contribution in [3.05, 3.63) is 54.0 Å². The zero-order valence-corrected chi connectivity index (χ0v) is 15.1. The molecule has 1 aliphatic carbocycles. The topological polar surface area (TPSA) is 93.0 Å². The Morgan fingerprint density at radius 2 is 2.11 bits per heavy atom. The predicted molar refractivity (Wildman–Crippen MR) is 99.4 cm³/mol. The van der Waals surface area contributed by atoms with Crippen molar-refractivity contribution < 1.29 is 13.9 Å². The number of amides is 1. The van der Waals surface area contributed by atoms with Gasteiger partial charge in [-0.3, -0.25) is 9.89 Å². The number of aromatic amines is 1. The highest BCUT2D eigenvalue weighted by Crippen LogP contribution is 2.23. The Hall–Kier alpha value is -3.09. The van der Waals surface area contributed by atoms with Gasteiger partial charge in [0.05, 0.1) is 6.26 Å². The number of rotatable bonds is 5. The van der Waals surface area contributed by atoms with Gasteiger partial charge in [-0.05, 0) is 50.3 Å². The summed E-state index contributed by atoms with van der Waals surface area (Å²) in [6.07, 6.45) is 7.06. The molecule has 1 aliphatic rings. The monoisotopic (exact) mass is 366 g/mol. The molecule has 0 aromatic carbocycles. The van der Waals surface area contributed by atoms with Gasteiger partial charge in [0.25, 0.3) is 5.91 Å². The lowest BCUT2D eigenvalue weighted by Gasteiger charge is -2.29. The Balaban J connectivity index is 1.27. The van der Waals surface area contributed by atoms with Crippen LogP contribution in [0.25, 0.3) is 11.5 Å². The molecule has 0 aliphatic heterocycles. The molecule has 4 rings (SSSR count). The first kappa shape index (κ1) is 17.3. The molecule has 0 spiro atoms. The predicted octanol–water partition coefficient (Wildman–Crippen LogP) is 3.49. The first-order valence-corrected chi connectivity index (χ1v) is 9.17. The Bertz CT molecular complexity index is 878. The first-order chi connectivity index (χ1) is 13.2. The molecular weight excluding hydrogens is 344 g/mol. The Kier molecular flexibility index (Phi) is 4.91. The summed E-state index contributed by atoms with van der Waals surface area (Å²) in [5.41, 5.74) is 2.17. The summed E-state index contributed by atoms with van der Waals surface area (Å²) >= 11 is 0. The molecule has 140 valence electrons. The van der Waals surface area contributed by atoms with Gasteiger partial charge < -0.3 is 14.5 Å². The minimum absolute atomic E-state index is 0.132. The molecular formula is C20H22N4O3. The molecule has 3 aromatic heterocycles. The van der Waals surface area contributed by atoms with Crippen LogP contribution in [0.5, 0.6) is 5.88 Å². The second kappa shape index (κ2) is 7.65. The van der Waals surface area contributed by atoms with Crippen LogP contribution in [0.3, 0.4) is 0 Å². The molecule has 0 radical (unpaired) electrons. The van der Waals surface area contributed by atoms with Crippen LogP contribution in [0.1, 0.15) is 41.7 Å². The van der Waals surface area contributed by atoms with Gasteiger partial charge in [-0.1, -0.05) is 6.07 Å². The maximum absolute atomic E-state index is 12.4. The molecule has 0 unspecified atom stereocenters. The number of carbonyl (C=O) groups excluding carboxylic acids is 1. The summed E-state index contributed by atoms with van der Waals surface area (Å²) in [6.45, 7) is 2.00. The summed E-state index contributed by atoms with van der Waals surface area (Å²) in [4.78, 5) is 16.7. The molecule has 0 bridgehead atoms. The molecule has 3 heterocycles. The maximum atomic E-state index is 12.4.